The molecule has 0 aromatic heterocycles. The van der Waals surface area contributed by atoms with E-state index in [0.29, 0.717) is 0 Å². The quantitative estimate of drug-likeness (QED) is 0.137. The van der Waals surface area contributed by atoms with Crippen LogP contribution in [0.25, 0.3) is 0 Å². The molecule has 12 nitrogen and oxygen atoms in total. The van der Waals surface area contributed by atoms with Gasteiger partial charge in [0, 0.05) is 12.2 Å². The number of carbonyl (C=O) groups is 5. The lowest BCUT2D eigenvalue weighted by atomic mass is 10.0. The number of primary amides is 1. The number of rotatable bonds is 13. The summed E-state index contributed by atoms with van der Waals surface area (Å²) < 4.78 is 0. The Morgan fingerprint density at radius 2 is 1.41 bits per heavy atom. The number of hydrogen-bond donors (Lipinski definition) is 8. The molecule has 29 heavy (non-hydrogen) atoms. The lowest BCUT2D eigenvalue weighted by Gasteiger charge is -2.24. The van der Waals surface area contributed by atoms with Gasteiger partial charge in [0.2, 0.25) is 23.6 Å². The van der Waals surface area contributed by atoms with Gasteiger partial charge in [0.15, 0.2) is 0 Å². The topological polar surface area (TPSA) is 214 Å². The number of hydrogen-bond acceptors (Lipinski definition) is 8. The van der Waals surface area contributed by atoms with Crippen LogP contribution >= 0.6 is 12.6 Å². The van der Waals surface area contributed by atoms with Gasteiger partial charge in [0.05, 0.1) is 12.6 Å². The van der Waals surface area contributed by atoms with Crippen molar-refractivity contribution >= 4 is 42.2 Å². The smallest absolute Gasteiger partial charge is 0.328 e. The molecule has 0 saturated carbocycles. The van der Waals surface area contributed by atoms with Gasteiger partial charge in [-0.2, -0.15) is 12.6 Å². The Balaban J connectivity index is 5.23. The van der Waals surface area contributed by atoms with Crippen molar-refractivity contribution in [2.45, 2.75) is 50.9 Å². The number of carboxylic acid groups (broad SMARTS) is 1. The fourth-order valence-electron chi connectivity index (χ4n) is 2.05. The van der Waals surface area contributed by atoms with E-state index in [1.54, 1.807) is 13.8 Å². The highest BCUT2D eigenvalue weighted by atomic mass is 32.1. The molecule has 0 bridgehead atoms. The number of aliphatic hydroxyl groups is 1. The molecule has 0 fully saturated rings. The first-order chi connectivity index (χ1) is 13.4. The molecule has 0 aliphatic carbocycles. The van der Waals surface area contributed by atoms with E-state index >= 15 is 0 Å². The van der Waals surface area contributed by atoms with Crippen molar-refractivity contribution in [1.82, 2.24) is 16.0 Å². The van der Waals surface area contributed by atoms with E-state index in [4.69, 9.17) is 21.7 Å². The molecule has 0 aromatic rings. The first-order valence-corrected chi connectivity index (χ1v) is 9.47. The Morgan fingerprint density at radius 1 is 0.931 bits per heavy atom. The van der Waals surface area contributed by atoms with Gasteiger partial charge in [-0.25, -0.2) is 4.79 Å². The summed E-state index contributed by atoms with van der Waals surface area (Å²) in [5.74, 6) is -4.88. The van der Waals surface area contributed by atoms with Gasteiger partial charge in [-0.15, -0.1) is 0 Å². The van der Waals surface area contributed by atoms with Crippen LogP contribution in [0.3, 0.4) is 0 Å². The van der Waals surface area contributed by atoms with Crippen molar-refractivity contribution in [3.63, 3.8) is 0 Å². The van der Waals surface area contributed by atoms with Crippen molar-refractivity contribution in [2.75, 3.05) is 12.4 Å². The number of aliphatic hydroxyl groups excluding tert-OH is 1. The minimum atomic E-state index is -1.56. The number of aliphatic carboxylic acids is 1. The van der Waals surface area contributed by atoms with Crippen LogP contribution in [0.15, 0.2) is 0 Å². The average Bonchev–Trinajstić information content (AvgIpc) is 2.65. The van der Waals surface area contributed by atoms with Gasteiger partial charge in [-0.3, -0.25) is 19.2 Å². The highest BCUT2D eigenvalue weighted by molar-refractivity contribution is 7.80. The summed E-state index contributed by atoms with van der Waals surface area (Å²) in [5.41, 5.74) is 10.8. The van der Waals surface area contributed by atoms with Gasteiger partial charge in [0.1, 0.15) is 18.1 Å². The zero-order valence-electron chi connectivity index (χ0n) is 16.3. The molecular formula is C16H29N5O7S. The molecular weight excluding hydrogens is 406 g/mol. The number of thiol groups is 1. The van der Waals surface area contributed by atoms with Crippen LogP contribution < -0.4 is 27.4 Å². The summed E-state index contributed by atoms with van der Waals surface area (Å²) >= 11 is 3.95. The third-order valence-corrected chi connectivity index (χ3v) is 4.31. The third-order valence-electron chi connectivity index (χ3n) is 3.95. The maximum Gasteiger partial charge on any atom is 0.328 e. The number of nitrogens with one attached hydrogen (secondary N) is 3. The Bertz CT molecular complexity index is 616. The SMILES string of the molecule is CC(C)C(N)C(=O)NC(CCC(N)=O)C(=O)NC(CS)C(=O)NC(CO)C(=O)O. The lowest BCUT2D eigenvalue weighted by Crippen LogP contribution is -2.58. The first kappa shape index (κ1) is 26.6. The predicted octanol–water partition coefficient (Wildman–Crippen LogP) is -3.30. The first-order valence-electron chi connectivity index (χ1n) is 8.84. The second kappa shape index (κ2) is 13.0. The van der Waals surface area contributed by atoms with E-state index in [1.165, 1.54) is 0 Å². The molecule has 166 valence electrons. The molecule has 0 rings (SSSR count). The van der Waals surface area contributed by atoms with Gasteiger partial charge < -0.3 is 37.6 Å². The van der Waals surface area contributed by atoms with Crippen molar-refractivity contribution < 1.29 is 34.2 Å². The van der Waals surface area contributed by atoms with Gasteiger partial charge in [0.25, 0.3) is 0 Å². The van der Waals surface area contributed by atoms with E-state index in [-0.39, 0.29) is 24.5 Å². The van der Waals surface area contributed by atoms with Gasteiger partial charge in [-0.05, 0) is 12.3 Å². The normalized spacial score (nSPS) is 15.0. The zero-order valence-corrected chi connectivity index (χ0v) is 17.1. The van der Waals surface area contributed by atoms with Crippen LogP contribution in [0.1, 0.15) is 26.7 Å². The van der Waals surface area contributed by atoms with Crippen LogP contribution in [0.2, 0.25) is 0 Å². The highest BCUT2D eigenvalue weighted by Gasteiger charge is 2.30. The second-order valence-corrected chi connectivity index (χ2v) is 7.03. The second-order valence-electron chi connectivity index (χ2n) is 6.66. The molecule has 0 aliphatic heterocycles. The Morgan fingerprint density at radius 3 is 1.83 bits per heavy atom. The maximum absolute atomic E-state index is 12.5. The summed E-state index contributed by atoms with van der Waals surface area (Å²) in [5, 5.41) is 24.7. The molecule has 4 amide bonds. The van der Waals surface area contributed by atoms with Crippen LogP contribution in [0.4, 0.5) is 0 Å². The van der Waals surface area contributed by atoms with E-state index in [1.807, 2.05) is 0 Å². The lowest BCUT2D eigenvalue weighted by molar-refractivity contribution is -0.143. The molecule has 13 heteroatoms. The largest absolute Gasteiger partial charge is 0.480 e. The van der Waals surface area contributed by atoms with Crippen molar-refractivity contribution in [1.29, 1.82) is 0 Å². The van der Waals surface area contributed by atoms with E-state index in [2.05, 4.69) is 28.6 Å². The average molecular weight is 436 g/mol. The fourth-order valence-corrected chi connectivity index (χ4v) is 2.31. The minimum Gasteiger partial charge on any atom is -0.480 e. The van der Waals surface area contributed by atoms with Crippen LogP contribution in [-0.4, -0.2) is 76.3 Å². The number of carbonyl (C=O) groups excluding carboxylic acids is 4. The standard InChI is InChI=1S/C16H29N5O7S/c1-7(2)12(18)15(26)19-8(3-4-11(17)23)13(24)21-10(6-29)14(25)20-9(5-22)16(27)28/h7-10,12,22,29H,3-6,18H2,1-2H3,(H2,17,23)(H,19,26)(H,20,25)(H,21,24)(H,27,28). The molecule has 0 spiro atoms. The predicted molar refractivity (Wildman–Crippen MR) is 106 cm³/mol. The summed E-state index contributed by atoms with van der Waals surface area (Å²) in [4.78, 5) is 58.9. The molecule has 0 heterocycles. The van der Waals surface area contributed by atoms with Gasteiger partial charge in [-0.1, -0.05) is 13.8 Å². The minimum absolute atomic E-state index is 0.132. The van der Waals surface area contributed by atoms with Crippen LogP contribution in [0, 0.1) is 5.92 Å². The van der Waals surface area contributed by atoms with E-state index in [9.17, 15) is 24.0 Å². The number of carboxylic acids is 1. The molecule has 0 saturated heterocycles. The summed E-state index contributed by atoms with van der Waals surface area (Å²) in [7, 11) is 0. The molecule has 0 radical (unpaired) electrons. The summed E-state index contributed by atoms with van der Waals surface area (Å²) in [6.07, 6.45) is -0.342. The van der Waals surface area contributed by atoms with Crippen molar-refractivity contribution in [2.24, 2.45) is 17.4 Å². The van der Waals surface area contributed by atoms with Crippen molar-refractivity contribution in [3.05, 3.63) is 0 Å². The summed E-state index contributed by atoms with van der Waals surface area (Å²) in [6.45, 7) is 2.58. The highest BCUT2D eigenvalue weighted by Crippen LogP contribution is 2.04. The van der Waals surface area contributed by atoms with Crippen LogP contribution in [-0.2, 0) is 24.0 Å². The van der Waals surface area contributed by atoms with Crippen LogP contribution in [0.5, 0.6) is 0 Å². The van der Waals surface area contributed by atoms with Crippen molar-refractivity contribution in [3.8, 4) is 0 Å². The third kappa shape index (κ3) is 9.58. The summed E-state index contributed by atoms with van der Waals surface area (Å²) in [6, 6.07) is -4.92. The Kier molecular flexibility index (Phi) is 11.9. The molecule has 9 N–H and O–H groups in total. The monoisotopic (exact) mass is 435 g/mol. The number of amides is 4. The molecule has 4 unspecified atom stereocenters. The Labute approximate surface area is 173 Å². The fraction of sp³-hybridized carbons (Fsp3) is 0.688. The molecule has 0 aromatic carbocycles. The van der Waals surface area contributed by atoms with E-state index < -0.39 is 60.4 Å². The molecule has 0 aliphatic rings. The van der Waals surface area contributed by atoms with E-state index in [0.717, 1.165) is 0 Å². The Hall–Kier alpha value is -2.38. The van der Waals surface area contributed by atoms with Gasteiger partial charge >= 0.3 is 5.97 Å². The maximum atomic E-state index is 12.5. The number of nitrogens with two attached hydrogens (primary N) is 2. The zero-order chi connectivity index (χ0) is 22.7. The molecule has 4 atom stereocenters.